The topological polar surface area (TPSA) is 0 Å². The van der Waals surface area contributed by atoms with Crippen LogP contribution in [0.4, 0.5) is 0 Å². The van der Waals surface area contributed by atoms with E-state index in [9.17, 15) is 0 Å². The van der Waals surface area contributed by atoms with Gasteiger partial charge < -0.3 is 0 Å². The second kappa shape index (κ2) is 3.12. The molecule has 0 aliphatic heterocycles. The zero-order chi connectivity index (χ0) is 14.2. The first-order valence-electron chi connectivity index (χ1n) is 11.2. The van der Waals surface area contributed by atoms with Crippen molar-refractivity contribution < 1.29 is 0 Å². The van der Waals surface area contributed by atoms with Crippen LogP contribution in [0.1, 0.15) is 44.9 Å². The third kappa shape index (κ3) is 0.869. The van der Waals surface area contributed by atoms with Crippen molar-refractivity contribution in [3.63, 3.8) is 0 Å². The fourth-order valence-electron chi connectivity index (χ4n) is 11.7. The molecule has 0 aromatic carbocycles. The predicted molar refractivity (Wildman–Crippen MR) is 88.2 cm³/mol. The quantitative estimate of drug-likeness (QED) is 0.566. The second-order valence-corrected chi connectivity index (χ2v) is 11.4. The van der Waals surface area contributed by atoms with E-state index in [1.54, 1.807) is 44.9 Å². The number of hydrogen-bond donors (Lipinski definition) is 0. The minimum Gasteiger partial charge on any atom is -0.0630 e. The number of rotatable bonds is 0. The minimum atomic E-state index is 1.13. The van der Waals surface area contributed by atoms with Gasteiger partial charge in [-0.2, -0.15) is 0 Å². The van der Waals surface area contributed by atoms with E-state index >= 15 is 0 Å². The van der Waals surface area contributed by atoms with E-state index in [-0.39, 0.29) is 0 Å². The molecule has 120 valence electrons. The maximum atomic E-state index is 2.10. The minimum absolute atomic E-state index is 1.13. The predicted octanol–water partition coefficient (Wildman–Crippen LogP) is 4.76. The highest BCUT2D eigenvalue weighted by molar-refractivity contribution is 5.52. The zero-order valence-corrected chi connectivity index (χ0v) is 14.0. The first-order chi connectivity index (χ1) is 11.4. The fraction of sp³-hybridized carbons (Fsp3) is 0.913. The molecule has 23 heavy (non-hydrogen) atoms. The van der Waals surface area contributed by atoms with E-state index in [0.29, 0.717) is 0 Å². The molecule has 0 aromatic heterocycles. The van der Waals surface area contributed by atoms with E-state index in [2.05, 4.69) is 11.1 Å². The van der Waals surface area contributed by atoms with Gasteiger partial charge in [-0.05, 0) is 121 Å². The van der Waals surface area contributed by atoms with Gasteiger partial charge in [0.2, 0.25) is 0 Å². The van der Waals surface area contributed by atoms with E-state index < -0.39 is 0 Å². The molecule has 14 unspecified atom stereocenters. The van der Waals surface area contributed by atoms with Crippen LogP contribution in [0.5, 0.6) is 0 Å². The Labute approximate surface area is 139 Å². The standard InChI is InChI=1S/C23H28/c1-2-8-9(3-1)18-16(8)14-6-12-13-7-15-17-10-4-5-11(10)19(17)23(15)21(13)20(12)22(14)18/h8-16,18,20-23H,1-7H2. The summed E-state index contributed by atoms with van der Waals surface area (Å²) in [5, 5.41) is 0. The van der Waals surface area contributed by atoms with Gasteiger partial charge in [0, 0.05) is 0 Å². The van der Waals surface area contributed by atoms with Gasteiger partial charge >= 0.3 is 0 Å². The highest BCUT2D eigenvalue weighted by Gasteiger charge is 2.79. The van der Waals surface area contributed by atoms with Crippen LogP contribution in [-0.2, 0) is 0 Å². The van der Waals surface area contributed by atoms with Crippen molar-refractivity contribution in [2.75, 3.05) is 0 Å². The molecule has 0 amide bonds. The third-order valence-electron chi connectivity index (χ3n) is 12.0. The van der Waals surface area contributed by atoms with E-state index in [4.69, 9.17) is 0 Å². The Hall–Kier alpha value is -0.260. The molecule has 14 atom stereocenters. The lowest BCUT2D eigenvalue weighted by Crippen LogP contribution is -2.64. The molecule has 0 nitrogen and oxygen atoms in total. The molecule has 0 spiro atoms. The van der Waals surface area contributed by atoms with Gasteiger partial charge in [-0.15, -0.1) is 0 Å². The molecule has 0 aromatic rings. The average molecular weight is 304 g/mol. The monoisotopic (exact) mass is 304 g/mol. The van der Waals surface area contributed by atoms with Gasteiger partial charge in [-0.25, -0.2) is 0 Å². The van der Waals surface area contributed by atoms with Gasteiger partial charge in [0.15, 0.2) is 0 Å². The number of fused-ring (bicyclic) bond motifs is 19. The Morgan fingerprint density at radius 3 is 2.04 bits per heavy atom. The third-order valence-corrected chi connectivity index (χ3v) is 12.0. The van der Waals surface area contributed by atoms with Crippen molar-refractivity contribution >= 4 is 0 Å². The highest BCUT2D eigenvalue weighted by Crippen LogP contribution is 2.85. The summed E-state index contributed by atoms with van der Waals surface area (Å²) in [5.74, 6) is 17.0. The summed E-state index contributed by atoms with van der Waals surface area (Å²) in [5.41, 5.74) is 4.17. The van der Waals surface area contributed by atoms with Crippen LogP contribution in [0.15, 0.2) is 11.1 Å². The highest BCUT2D eigenvalue weighted by atomic mass is 14.8. The lowest BCUT2D eigenvalue weighted by molar-refractivity contribution is -0.206. The molecule has 7 fully saturated rings. The van der Waals surface area contributed by atoms with Crippen LogP contribution in [0.2, 0.25) is 0 Å². The summed E-state index contributed by atoms with van der Waals surface area (Å²) in [4.78, 5) is 0. The molecule has 9 rings (SSSR count). The fourth-order valence-corrected chi connectivity index (χ4v) is 11.7. The van der Waals surface area contributed by atoms with Gasteiger partial charge in [0.25, 0.3) is 0 Å². The van der Waals surface area contributed by atoms with Gasteiger partial charge in [-0.3, -0.25) is 0 Å². The summed E-state index contributed by atoms with van der Waals surface area (Å²) in [6.45, 7) is 0. The first-order valence-corrected chi connectivity index (χ1v) is 11.2. The number of hydrogen-bond acceptors (Lipinski definition) is 0. The van der Waals surface area contributed by atoms with E-state index in [1.165, 1.54) is 59.2 Å². The van der Waals surface area contributed by atoms with Crippen LogP contribution in [0.25, 0.3) is 0 Å². The van der Waals surface area contributed by atoms with Gasteiger partial charge in [0.1, 0.15) is 0 Å². The van der Waals surface area contributed by atoms with Gasteiger partial charge in [0.05, 0.1) is 0 Å². The van der Waals surface area contributed by atoms with Crippen LogP contribution in [-0.4, -0.2) is 0 Å². The second-order valence-electron chi connectivity index (χ2n) is 11.4. The first kappa shape index (κ1) is 11.4. The zero-order valence-electron chi connectivity index (χ0n) is 14.0. The Balaban J connectivity index is 1.09. The van der Waals surface area contributed by atoms with Crippen LogP contribution >= 0.6 is 0 Å². The molecule has 0 bridgehead atoms. The van der Waals surface area contributed by atoms with Crippen molar-refractivity contribution in [3.05, 3.63) is 11.1 Å². The van der Waals surface area contributed by atoms with Crippen molar-refractivity contribution in [3.8, 4) is 0 Å². The smallest absolute Gasteiger partial charge is 0.00974 e. The Kier molecular flexibility index (Phi) is 1.54. The summed E-state index contributed by atoms with van der Waals surface area (Å²) in [7, 11) is 0. The van der Waals surface area contributed by atoms with Crippen molar-refractivity contribution in [2.45, 2.75) is 44.9 Å². The summed E-state index contributed by atoms with van der Waals surface area (Å²) >= 11 is 0. The van der Waals surface area contributed by atoms with Crippen molar-refractivity contribution in [1.82, 2.24) is 0 Å². The summed E-state index contributed by atoms with van der Waals surface area (Å²) in [6, 6.07) is 0. The van der Waals surface area contributed by atoms with Gasteiger partial charge in [-0.1, -0.05) is 17.6 Å². The lowest BCUT2D eigenvalue weighted by atomic mass is 9.36. The van der Waals surface area contributed by atoms with Crippen molar-refractivity contribution in [2.24, 2.45) is 82.9 Å². The molecule has 9 aliphatic carbocycles. The normalized spacial score (nSPS) is 76.2. The summed E-state index contributed by atoms with van der Waals surface area (Å²) in [6.07, 6.45) is 11.4. The average Bonchev–Trinajstić information content (AvgIpc) is 3.09. The van der Waals surface area contributed by atoms with E-state index in [0.717, 1.165) is 23.7 Å². The van der Waals surface area contributed by atoms with Crippen LogP contribution in [0, 0.1) is 82.9 Å². The molecule has 7 saturated carbocycles. The molecule has 9 aliphatic rings. The Morgan fingerprint density at radius 2 is 1.17 bits per heavy atom. The molecule has 0 heterocycles. The SMILES string of the molecule is C1CC2C(C1)C1C2C2CC3C4CC5C6=C(C7CCC67)C5C4C3C21. The van der Waals surface area contributed by atoms with Crippen LogP contribution < -0.4 is 0 Å². The maximum Gasteiger partial charge on any atom is -0.00974 e. The van der Waals surface area contributed by atoms with E-state index in [1.807, 2.05) is 0 Å². The molecular weight excluding hydrogens is 276 g/mol. The molecule has 0 saturated heterocycles. The maximum absolute atomic E-state index is 2.10. The lowest BCUT2D eigenvalue weighted by Gasteiger charge is -2.69. The largest absolute Gasteiger partial charge is 0.0630 e. The Bertz CT molecular complexity index is 701. The Morgan fingerprint density at radius 1 is 0.478 bits per heavy atom. The molecule has 0 radical (unpaired) electrons. The number of allylic oxidation sites excluding steroid dienone is 2. The molecular formula is C23H28. The summed E-state index contributed by atoms with van der Waals surface area (Å²) < 4.78 is 0. The van der Waals surface area contributed by atoms with Crippen molar-refractivity contribution in [1.29, 1.82) is 0 Å². The molecule has 0 heteroatoms. The molecule has 0 N–H and O–H groups in total. The van der Waals surface area contributed by atoms with Crippen LogP contribution in [0.3, 0.4) is 0 Å².